The number of aromatic nitrogens is 2. The summed E-state index contributed by atoms with van der Waals surface area (Å²) in [5.41, 5.74) is 0.0990. The van der Waals surface area contributed by atoms with Gasteiger partial charge in [0, 0.05) is 12.7 Å². The van der Waals surface area contributed by atoms with Crippen LogP contribution in [0.4, 0.5) is 0 Å². The Kier molecular flexibility index (Phi) is 4.55. The predicted molar refractivity (Wildman–Crippen MR) is 76.2 cm³/mol. The Balaban J connectivity index is 2.03. The second-order valence-corrected chi connectivity index (χ2v) is 5.77. The molecular weight excluding hydrogens is 329 g/mol. The van der Waals surface area contributed by atoms with Crippen molar-refractivity contribution in [3.05, 3.63) is 25.9 Å². The zero-order valence-electron chi connectivity index (χ0n) is 10.1. The van der Waals surface area contributed by atoms with Gasteiger partial charge in [-0.2, -0.15) is 0 Å². The minimum Gasteiger partial charge on any atom is -0.316 e. The number of nitrogens with zero attached hydrogens (tertiary/aromatic N) is 2. The van der Waals surface area contributed by atoms with Crippen LogP contribution in [0.2, 0.25) is 0 Å². The molecule has 0 spiro atoms. The lowest BCUT2D eigenvalue weighted by Gasteiger charge is -2.23. The van der Waals surface area contributed by atoms with Gasteiger partial charge in [0.05, 0.1) is 3.57 Å². The molecule has 0 radical (unpaired) electrons. The maximum atomic E-state index is 12.0. The summed E-state index contributed by atoms with van der Waals surface area (Å²) in [4.78, 5) is 16.2. The van der Waals surface area contributed by atoms with Crippen molar-refractivity contribution >= 4 is 22.6 Å². The largest absolute Gasteiger partial charge is 0.316 e. The molecule has 94 valence electrons. The molecule has 2 rings (SSSR count). The normalized spacial score (nSPS) is 20.5. The highest BCUT2D eigenvalue weighted by Crippen LogP contribution is 2.14. The van der Waals surface area contributed by atoms with Crippen LogP contribution < -0.4 is 10.9 Å². The fourth-order valence-electron chi connectivity index (χ4n) is 2.30. The number of nitrogens with one attached hydrogen (secondary N) is 1. The molecule has 0 amide bonds. The first-order valence-electron chi connectivity index (χ1n) is 6.11. The first kappa shape index (κ1) is 13.0. The maximum Gasteiger partial charge on any atom is 0.266 e. The molecular formula is C12H18IN3O. The van der Waals surface area contributed by atoms with E-state index in [2.05, 4.69) is 32.9 Å². The van der Waals surface area contributed by atoms with Gasteiger partial charge in [0.25, 0.3) is 5.56 Å². The van der Waals surface area contributed by atoms with Crippen LogP contribution in [0, 0.1) is 16.4 Å². The number of piperidine rings is 1. The van der Waals surface area contributed by atoms with E-state index in [9.17, 15) is 4.79 Å². The smallest absolute Gasteiger partial charge is 0.266 e. The molecule has 1 unspecified atom stereocenters. The van der Waals surface area contributed by atoms with Gasteiger partial charge >= 0.3 is 0 Å². The van der Waals surface area contributed by atoms with E-state index >= 15 is 0 Å². The summed E-state index contributed by atoms with van der Waals surface area (Å²) in [6, 6.07) is 0. The molecule has 0 aliphatic carbocycles. The van der Waals surface area contributed by atoms with Crippen LogP contribution in [0.3, 0.4) is 0 Å². The van der Waals surface area contributed by atoms with Gasteiger partial charge in [-0.15, -0.1) is 0 Å². The van der Waals surface area contributed by atoms with Gasteiger partial charge in [0.1, 0.15) is 5.82 Å². The third kappa shape index (κ3) is 3.28. The summed E-state index contributed by atoms with van der Waals surface area (Å²) in [5, 5.41) is 3.41. The monoisotopic (exact) mass is 347 g/mol. The van der Waals surface area contributed by atoms with Crippen molar-refractivity contribution in [2.75, 3.05) is 13.1 Å². The third-order valence-corrected chi connectivity index (χ3v) is 4.10. The molecule has 0 aromatic carbocycles. The standard InChI is InChI=1S/C12H18IN3O/c1-9-15-8-11(13)12(17)16(9)6-4-10-3-2-5-14-7-10/h8,10,14H,2-7H2,1H3. The molecule has 1 fully saturated rings. The van der Waals surface area contributed by atoms with Crippen LogP contribution in [0.15, 0.2) is 11.0 Å². The van der Waals surface area contributed by atoms with Crippen LogP contribution >= 0.6 is 22.6 Å². The molecule has 1 aliphatic heterocycles. The van der Waals surface area contributed by atoms with Crippen molar-refractivity contribution in [1.82, 2.24) is 14.9 Å². The van der Waals surface area contributed by atoms with E-state index in [1.165, 1.54) is 12.8 Å². The Bertz CT molecular complexity index is 438. The highest BCUT2D eigenvalue weighted by molar-refractivity contribution is 14.1. The molecule has 4 nitrogen and oxygen atoms in total. The van der Waals surface area contributed by atoms with Crippen LogP contribution in [0.5, 0.6) is 0 Å². The fourth-order valence-corrected chi connectivity index (χ4v) is 2.73. The van der Waals surface area contributed by atoms with E-state index in [1.54, 1.807) is 10.8 Å². The summed E-state index contributed by atoms with van der Waals surface area (Å²) in [5.74, 6) is 1.52. The van der Waals surface area contributed by atoms with Crippen LogP contribution in [-0.2, 0) is 6.54 Å². The fraction of sp³-hybridized carbons (Fsp3) is 0.667. The Morgan fingerprint density at radius 2 is 2.47 bits per heavy atom. The summed E-state index contributed by atoms with van der Waals surface area (Å²) in [6.45, 7) is 4.92. The molecule has 1 atom stereocenters. The maximum absolute atomic E-state index is 12.0. The lowest BCUT2D eigenvalue weighted by atomic mass is 9.96. The van der Waals surface area contributed by atoms with Gasteiger partial charge in [0.15, 0.2) is 0 Å². The molecule has 1 aliphatic rings. The summed E-state index contributed by atoms with van der Waals surface area (Å²) in [7, 11) is 0. The number of rotatable bonds is 3. The van der Waals surface area contributed by atoms with Crippen LogP contribution in [0.25, 0.3) is 0 Å². The van der Waals surface area contributed by atoms with Gasteiger partial charge in [-0.1, -0.05) is 0 Å². The summed E-state index contributed by atoms with van der Waals surface area (Å²) in [6.07, 6.45) is 5.24. The molecule has 5 heteroatoms. The van der Waals surface area contributed by atoms with E-state index in [1.807, 2.05) is 6.92 Å². The number of aryl methyl sites for hydroxylation is 1. The second-order valence-electron chi connectivity index (χ2n) is 4.61. The quantitative estimate of drug-likeness (QED) is 0.844. The third-order valence-electron chi connectivity index (χ3n) is 3.36. The Morgan fingerprint density at radius 1 is 1.65 bits per heavy atom. The lowest BCUT2D eigenvalue weighted by Crippen LogP contribution is -2.32. The van der Waals surface area contributed by atoms with Crippen molar-refractivity contribution in [3.63, 3.8) is 0 Å². The predicted octanol–water partition coefficient (Wildman–Crippen LogP) is 1.55. The Hall–Kier alpha value is -0.430. The van der Waals surface area contributed by atoms with Gasteiger partial charge in [0.2, 0.25) is 0 Å². The Labute approximate surface area is 115 Å². The van der Waals surface area contributed by atoms with Crippen molar-refractivity contribution in [3.8, 4) is 0 Å². The molecule has 0 saturated carbocycles. The summed E-state index contributed by atoms with van der Waals surface area (Å²) >= 11 is 2.05. The Morgan fingerprint density at radius 3 is 3.18 bits per heavy atom. The highest BCUT2D eigenvalue weighted by Gasteiger charge is 2.14. The molecule has 1 aromatic heterocycles. The molecule has 17 heavy (non-hydrogen) atoms. The van der Waals surface area contributed by atoms with Crippen molar-refractivity contribution in [1.29, 1.82) is 0 Å². The van der Waals surface area contributed by atoms with E-state index in [4.69, 9.17) is 0 Å². The molecule has 1 N–H and O–H groups in total. The summed E-state index contributed by atoms with van der Waals surface area (Å²) < 4.78 is 2.51. The van der Waals surface area contributed by atoms with E-state index in [0.717, 1.165) is 31.9 Å². The van der Waals surface area contributed by atoms with Crippen molar-refractivity contribution in [2.24, 2.45) is 5.92 Å². The average molecular weight is 347 g/mol. The minimum atomic E-state index is 0.0990. The van der Waals surface area contributed by atoms with Crippen molar-refractivity contribution in [2.45, 2.75) is 32.7 Å². The first-order chi connectivity index (χ1) is 8.18. The second kappa shape index (κ2) is 5.95. The van der Waals surface area contributed by atoms with E-state index in [0.29, 0.717) is 9.49 Å². The van der Waals surface area contributed by atoms with E-state index in [-0.39, 0.29) is 5.56 Å². The topological polar surface area (TPSA) is 46.9 Å². The number of hydrogen-bond acceptors (Lipinski definition) is 3. The lowest BCUT2D eigenvalue weighted by molar-refractivity contribution is 0.338. The minimum absolute atomic E-state index is 0.0990. The van der Waals surface area contributed by atoms with Gasteiger partial charge in [-0.3, -0.25) is 9.36 Å². The molecule has 1 saturated heterocycles. The average Bonchev–Trinajstić information content (AvgIpc) is 2.35. The van der Waals surface area contributed by atoms with Gasteiger partial charge in [-0.05, 0) is 67.8 Å². The van der Waals surface area contributed by atoms with Gasteiger partial charge < -0.3 is 5.32 Å². The zero-order valence-corrected chi connectivity index (χ0v) is 12.2. The first-order valence-corrected chi connectivity index (χ1v) is 7.19. The van der Waals surface area contributed by atoms with E-state index < -0.39 is 0 Å². The number of hydrogen-bond donors (Lipinski definition) is 1. The number of halogens is 1. The van der Waals surface area contributed by atoms with Gasteiger partial charge in [-0.25, -0.2) is 4.98 Å². The van der Waals surface area contributed by atoms with Crippen LogP contribution in [-0.4, -0.2) is 22.6 Å². The molecule has 2 heterocycles. The molecule has 0 bridgehead atoms. The SMILES string of the molecule is Cc1ncc(I)c(=O)n1CCC1CCCNC1. The molecule has 1 aromatic rings. The highest BCUT2D eigenvalue weighted by atomic mass is 127. The van der Waals surface area contributed by atoms with Crippen molar-refractivity contribution < 1.29 is 0 Å². The zero-order chi connectivity index (χ0) is 12.3. The van der Waals surface area contributed by atoms with Crippen LogP contribution in [0.1, 0.15) is 25.1 Å².